The minimum absolute atomic E-state index is 0.178. The fourth-order valence-corrected chi connectivity index (χ4v) is 1.82. The highest BCUT2D eigenvalue weighted by Gasteiger charge is 2.13. The zero-order valence-electron chi connectivity index (χ0n) is 11.5. The summed E-state index contributed by atoms with van der Waals surface area (Å²) in [5, 5.41) is 6.18. The molecule has 2 N–H and O–H groups in total. The maximum atomic E-state index is 5.81. The average Bonchev–Trinajstić information content (AvgIpc) is 2.27. The van der Waals surface area contributed by atoms with Crippen LogP contribution in [0.25, 0.3) is 0 Å². The van der Waals surface area contributed by atoms with E-state index >= 15 is 0 Å². The van der Waals surface area contributed by atoms with Crippen molar-refractivity contribution in [3.05, 3.63) is 5.28 Å². The Morgan fingerprint density at radius 1 is 1.06 bits per heavy atom. The number of hydrogen-bond acceptors (Lipinski definition) is 6. The van der Waals surface area contributed by atoms with E-state index in [4.69, 9.17) is 11.6 Å². The smallest absolute Gasteiger partial charge is 0.229 e. The molecule has 0 saturated carbocycles. The van der Waals surface area contributed by atoms with Crippen LogP contribution < -0.4 is 10.6 Å². The third-order valence-electron chi connectivity index (χ3n) is 2.58. The molecule has 0 aromatic carbocycles. The Labute approximate surface area is 113 Å². The monoisotopic (exact) mass is 272 g/mol. The van der Waals surface area contributed by atoms with Gasteiger partial charge in [0.05, 0.1) is 6.67 Å². The molecule has 0 bridgehead atoms. The Morgan fingerprint density at radius 3 is 2.11 bits per heavy atom. The molecule has 0 radical (unpaired) electrons. The molecule has 0 spiro atoms. The van der Waals surface area contributed by atoms with E-state index in [1.807, 2.05) is 0 Å². The molecular formula is C11H21ClN6. The molecule has 1 aromatic heterocycles. The van der Waals surface area contributed by atoms with Gasteiger partial charge in [0, 0.05) is 19.1 Å². The highest BCUT2D eigenvalue weighted by atomic mass is 35.5. The second kappa shape index (κ2) is 6.70. The number of halogens is 1. The second-order valence-corrected chi connectivity index (χ2v) is 4.88. The third kappa shape index (κ3) is 4.27. The van der Waals surface area contributed by atoms with Gasteiger partial charge in [-0.05, 0) is 39.3 Å². The van der Waals surface area contributed by atoms with Crippen LogP contribution in [-0.4, -0.2) is 45.7 Å². The normalized spacial score (nSPS) is 11.4. The summed E-state index contributed by atoms with van der Waals surface area (Å²) < 4.78 is 0. The van der Waals surface area contributed by atoms with Crippen molar-refractivity contribution in [3.63, 3.8) is 0 Å². The first-order chi connectivity index (χ1) is 8.43. The largest absolute Gasteiger partial charge is 0.357 e. The second-order valence-electron chi connectivity index (χ2n) is 4.54. The topological polar surface area (TPSA) is 66.0 Å². The lowest BCUT2D eigenvalue weighted by molar-refractivity contribution is 0.188. The molecule has 0 saturated heterocycles. The number of nitrogens with zero attached hydrogens (tertiary/aromatic N) is 4. The van der Waals surface area contributed by atoms with Crippen LogP contribution in [0.2, 0.25) is 5.28 Å². The minimum atomic E-state index is 0.178. The van der Waals surface area contributed by atoms with Crippen LogP contribution >= 0.6 is 11.6 Å². The molecule has 0 aliphatic rings. The van der Waals surface area contributed by atoms with E-state index in [0.29, 0.717) is 30.6 Å². The van der Waals surface area contributed by atoms with Gasteiger partial charge >= 0.3 is 0 Å². The summed E-state index contributed by atoms with van der Waals surface area (Å²) in [6, 6.07) is 0.886. The van der Waals surface area contributed by atoms with E-state index in [1.165, 1.54) is 0 Å². The highest BCUT2D eigenvalue weighted by molar-refractivity contribution is 6.28. The Kier molecular flexibility index (Phi) is 5.55. The summed E-state index contributed by atoms with van der Waals surface area (Å²) in [6.45, 7) is 9.28. The number of nitrogens with one attached hydrogen (secondary N) is 2. The van der Waals surface area contributed by atoms with Gasteiger partial charge in [0.15, 0.2) is 0 Å². The van der Waals surface area contributed by atoms with Crippen molar-refractivity contribution in [2.75, 3.05) is 24.3 Å². The standard InChI is InChI=1S/C11H21ClN6/c1-7(2)18(8(3)4)6-14-11-16-9(12)15-10(13-5)17-11/h7-8H,6H2,1-5H3,(H2,13,14,15,16,17). The average molecular weight is 273 g/mol. The number of hydrogen-bond donors (Lipinski definition) is 2. The Bertz CT molecular complexity index is 374. The molecule has 0 atom stereocenters. The van der Waals surface area contributed by atoms with Gasteiger partial charge in [0.1, 0.15) is 0 Å². The van der Waals surface area contributed by atoms with Crippen LogP contribution in [-0.2, 0) is 0 Å². The van der Waals surface area contributed by atoms with Crippen LogP contribution in [0.3, 0.4) is 0 Å². The molecule has 6 nitrogen and oxygen atoms in total. The molecule has 0 aliphatic carbocycles. The molecule has 0 aliphatic heterocycles. The van der Waals surface area contributed by atoms with Gasteiger partial charge in [-0.2, -0.15) is 15.0 Å². The summed E-state index contributed by atoms with van der Waals surface area (Å²) in [7, 11) is 1.74. The predicted octanol–water partition coefficient (Wildman–Crippen LogP) is 2.05. The van der Waals surface area contributed by atoms with Gasteiger partial charge < -0.3 is 10.6 Å². The summed E-state index contributed by atoms with van der Waals surface area (Å²) in [4.78, 5) is 14.4. The zero-order chi connectivity index (χ0) is 13.7. The first kappa shape index (κ1) is 14.9. The Balaban J connectivity index is 2.70. The van der Waals surface area contributed by atoms with E-state index in [1.54, 1.807) is 7.05 Å². The molecule has 0 fully saturated rings. The SMILES string of the molecule is CNc1nc(Cl)nc(NCN(C(C)C)C(C)C)n1. The van der Waals surface area contributed by atoms with E-state index in [2.05, 4.69) is 58.2 Å². The molecule has 0 unspecified atom stereocenters. The van der Waals surface area contributed by atoms with Gasteiger partial charge in [-0.1, -0.05) is 0 Å². The molecule has 102 valence electrons. The highest BCUT2D eigenvalue weighted by Crippen LogP contribution is 2.10. The number of rotatable bonds is 6. The zero-order valence-corrected chi connectivity index (χ0v) is 12.3. The van der Waals surface area contributed by atoms with Crippen molar-refractivity contribution in [2.45, 2.75) is 39.8 Å². The number of anilines is 2. The van der Waals surface area contributed by atoms with Crippen molar-refractivity contribution in [1.82, 2.24) is 19.9 Å². The quantitative estimate of drug-likeness (QED) is 0.773. The fourth-order valence-electron chi connectivity index (χ4n) is 1.66. The molecule has 1 rings (SSSR count). The lowest BCUT2D eigenvalue weighted by atomic mass is 10.2. The van der Waals surface area contributed by atoms with Gasteiger partial charge in [-0.25, -0.2) is 0 Å². The van der Waals surface area contributed by atoms with Crippen molar-refractivity contribution in [1.29, 1.82) is 0 Å². The molecule has 1 heterocycles. The van der Waals surface area contributed by atoms with Gasteiger partial charge in [-0.15, -0.1) is 0 Å². The van der Waals surface area contributed by atoms with Crippen LogP contribution in [0, 0.1) is 0 Å². The molecule has 18 heavy (non-hydrogen) atoms. The van der Waals surface area contributed by atoms with Crippen LogP contribution in [0.5, 0.6) is 0 Å². The summed E-state index contributed by atoms with van der Waals surface area (Å²) in [6.07, 6.45) is 0. The minimum Gasteiger partial charge on any atom is -0.357 e. The summed E-state index contributed by atoms with van der Waals surface area (Å²) in [5.74, 6) is 0.934. The van der Waals surface area contributed by atoms with Crippen LogP contribution in [0.1, 0.15) is 27.7 Å². The molecule has 1 aromatic rings. The van der Waals surface area contributed by atoms with Crippen molar-refractivity contribution >= 4 is 23.5 Å². The summed E-state index contributed by atoms with van der Waals surface area (Å²) >= 11 is 5.81. The van der Waals surface area contributed by atoms with Crippen LogP contribution in [0.15, 0.2) is 0 Å². The van der Waals surface area contributed by atoms with Crippen LogP contribution in [0.4, 0.5) is 11.9 Å². The molecule has 7 heteroatoms. The van der Waals surface area contributed by atoms with Crippen molar-refractivity contribution in [3.8, 4) is 0 Å². The van der Waals surface area contributed by atoms with Gasteiger partial charge in [-0.3, -0.25) is 4.90 Å². The van der Waals surface area contributed by atoms with Gasteiger partial charge in [0.2, 0.25) is 17.2 Å². The summed E-state index contributed by atoms with van der Waals surface area (Å²) in [5.41, 5.74) is 0. The first-order valence-corrected chi connectivity index (χ1v) is 6.40. The van der Waals surface area contributed by atoms with Crippen molar-refractivity contribution in [2.24, 2.45) is 0 Å². The Hall–Kier alpha value is -1.14. The lowest BCUT2D eigenvalue weighted by Gasteiger charge is -2.30. The lowest BCUT2D eigenvalue weighted by Crippen LogP contribution is -2.40. The van der Waals surface area contributed by atoms with Gasteiger partial charge in [0.25, 0.3) is 0 Å². The third-order valence-corrected chi connectivity index (χ3v) is 2.75. The van der Waals surface area contributed by atoms with E-state index in [0.717, 1.165) is 0 Å². The Morgan fingerprint density at radius 2 is 1.61 bits per heavy atom. The molecule has 0 amide bonds. The molecular weight excluding hydrogens is 252 g/mol. The maximum absolute atomic E-state index is 5.81. The van der Waals surface area contributed by atoms with E-state index in [-0.39, 0.29) is 5.28 Å². The first-order valence-electron chi connectivity index (χ1n) is 6.03. The van der Waals surface area contributed by atoms with E-state index < -0.39 is 0 Å². The predicted molar refractivity (Wildman–Crippen MR) is 75.0 cm³/mol. The van der Waals surface area contributed by atoms with Crippen molar-refractivity contribution < 1.29 is 0 Å². The van der Waals surface area contributed by atoms with E-state index in [9.17, 15) is 0 Å². The fraction of sp³-hybridized carbons (Fsp3) is 0.727. The number of aromatic nitrogens is 3. The maximum Gasteiger partial charge on any atom is 0.229 e.